The summed E-state index contributed by atoms with van der Waals surface area (Å²) in [6.45, 7) is 4.02. The average Bonchev–Trinajstić information content (AvgIpc) is 2.67. The maximum absolute atomic E-state index is 11.9. The van der Waals surface area contributed by atoms with Crippen LogP contribution in [0.2, 0.25) is 0 Å². The van der Waals surface area contributed by atoms with Gasteiger partial charge in [0.15, 0.2) is 11.5 Å². The molecule has 5 nitrogen and oxygen atoms in total. The molecule has 2 rings (SSSR count). The molecular formula is C20H21BrN2O3S. The Balaban J connectivity index is 1.80. The maximum Gasteiger partial charge on any atom is 0.250 e. The van der Waals surface area contributed by atoms with Crippen molar-refractivity contribution in [1.29, 1.82) is 0 Å². The molecule has 2 aromatic carbocycles. The Morgan fingerprint density at radius 2 is 2.15 bits per heavy atom. The van der Waals surface area contributed by atoms with Crippen molar-refractivity contribution in [2.24, 2.45) is 5.10 Å². The van der Waals surface area contributed by atoms with Crippen LogP contribution >= 0.6 is 27.7 Å². The van der Waals surface area contributed by atoms with E-state index in [2.05, 4.69) is 33.0 Å². The Hall–Kier alpha value is -2.25. The fourth-order valence-corrected chi connectivity index (χ4v) is 3.35. The van der Waals surface area contributed by atoms with Gasteiger partial charge in [-0.1, -0.05) is 40.7 Å². The first-order valence-corrected chi connectivity index (χ1v) is 10.1. The van der Waals surface area contributed by atoms with Crippen molar-refractivity contribution in [1.82, 2.24) is 5.43 Å². The minimum atomic E-state index is -0.149. The lowest BCUT2D eigenvalue weighted by atomic mass is 10.2. The molecule has 0 atom stereocenters. The van der Waals surface area contributed by atoms with E-state index in [-0.39, 0.29) is 5.91 Å². The van der Waals surface area contributed by atoms with Crippen LogP contribution in [0, 0.1) is 0 Å². The summed E-state index contributed by atoms with van der Waals surface area (Å²) in [5.41, 5.74) is 4.49. The second-order valence-electron chi connectivity index (χ2n) is 5.43. The highest BCUT2D eigenvalue weighted by Gasteiger charge is 2.05. The summed E-state index contributed by atoms with van der Waals surface area (Å²) in [6.07, 6.45) is 3.23. The monoisotopic (exact) mass is 448 g/mol. The summed E-state index contributed by atoms with van der Waals surface area (Å²) in [5.74, 6) is 2.17. The summed E-state index contributed by atoms with van der Waals surface area (Å²) in [7, 11) is 1.57. The molecule has 0 saturated heterocycles. The molecular weight excluding hydrogens is 428 g/mol. The zero-order valence-corrected chi connectivity index (χ0v) is 17.4. The average molecular weight is 449 g/mol. The van der Waals surface area contributed by atoms with Gasteiger partial charge >= 0.3 is 0 Å². The Labute approximate surface area is 172 Å². The number of thioether (sulfide) groups is 1. The van der Waals surface area contributed by atoms with Crippen molar-refractivity contribution in [3.8, 4) is 11.5 Å². The summed E-state index contributed by atoms with van der Waals surface area (Å²) >= 11 is 4.97. The smallest absolute Gasteiger partial charge is 0.250 e. The van der Waals surface area contributed by atoms with Crippen LogP contribution in [0.3, 0.4) is 0 Å². The molecule has 0 spiro atoms. The number of ether oxygens (including phenoxy) is 2. The predicted octanol–water partition coefficient (Wildman–Crippen LogP) is 4.41. The lowest BCUT2D eigenvalue weighted by Crippen LogP contribution is -2.19. The van der Waals surface area contributed by atoms with Gasteiger partial charge in [-0.3, -0.25) is 4.79 Å². The molecule has 0 unspecified atom stereocenters. The van der Waals surface area contributed by atoms with E-state index >= 15 is 0 Å². The van der Waals surface area contributed by atoms with Crippen LogP contribution in [-0.4, -0.2) is 31.6 Å². The van der Waals surface area contributed by atoms with Crippen LogP contribution in [-0.2, 0) is 10.5 Å². The van der Waals surface area contributed by atoms with E-state index < -0.39 is 0 Å². The van der Waals surface area contributed by atoms with Gasteiger partial charge in [0.25, 0.3) is 0 Å². The fourth-order valence-electron chi connectivity index (χ4n) is 2.13. The van der Waals surface area contributed by atoms with E-state index in [0.717, 1.165) is 21.4 Å². The van der Waals surface area contributed by atoms with Crippen molar-refractivity contribution < 1.29 is 14.3 Å². The fraction of sp³-hybridized carbons (Fsp3) is 0.200. The van der Waals surface area contributed by atoms with E-state index in [1.54, 1.807) is 31.5 Å². The van der Waals surface area contributed by atoms with Crippen molar-refractivity contribution in [2.45, 2.75) is 5.75 Å². The number of nitrogens with one attached hydrogen (secondary N) is 1. The molecule has 1 amide bonds. The van der Waals surface area contributed by atoms with Crippen LogP contribution in [0.4, 0.5) is 0 Å². The zero-order valence-electron chi connectivity index (χ0n) is 15.0. The van der Waals surface area contributed by atoms with E-state index in [4.69, 9.17) is 9.47 Å². The molecule has 0 aliphatic rings. The summed E-state index contributed by atoms with van der Waals surface area (Å²) in [5, 5.41) is 3.99. The van der Waals surface area contributed by atoms with Crippen molar-refractivity contribution in [2.75, 3.05) is 19.5 Å². The molecule has 0 aliphatic carbocycles. The van der Waals surface area contributed by atoms with Crippen LogP contribution < -0.4 is 14.9 Å². The molecule has 1 N–H and O–H groups in total. The molecule has 0 fully saturated rings. The molecule has 0 aromatic heterocycles. The quantitative estimate of drug-likeness (QED) is 0.332. The molecule has 0 radical (unpaired) electrons. The molecule has 0 aliphatic heterocycles. The van der Waals surface area contributed by atoms with Crippen molar-refractivity contribution in [3.63, 3.8) is 0 Å². The van der Waals surface area contributed by atoms with E-state index in [0.29, 0.717) is 23.9 Å². The van der Waals surface area contributed by atoms with Gasteiger partial charge in [0.2, 0.25) is 5.91 Å². The third kappa shape index (κ3) is 7.48. The highest BCUT2D eigenvalue weighted by molar-refractivity contribution is 9.10. The SMILES string of the molecule is C=CCOc1ccc(C=NNC(=O)CSCc2cccc(Br)c2)cc1OC. The second-order valence-corrected chi connectivity index (χ2v) is 7.33. The molecule has 0 bridgehead atoms. The first kappa shape index (κ1) is 21.1. The summed E-state index contributed by atoms with van der Waals surface area (Å²) < 4.78 is 11.8. The Morgan fingerprint density at radius 3 is 2.89 bits per heavy atom. The molecule has 142 valence electrons. The minimum absolute atomic E-state index is 0.149. The van der Waals surface area contributed by atoms with Gasteiger partial charge in [0, 0.05) is 10.2 Å². The Bertz CT molecular complexity index is 812. The topological polar surface area (TPSA) is 59.9 Å². The third-order valence-corrected chi connectivity index (χ3v) is 4.84. The van der Waals surface area contributed by atoms with Gasteiger partial charge in [-0.05, 0) is 41.5 Å². The van der Waals surface area contributed by atoms with Crippen LogP contribution in [0.25, 0.3) is 0 Å². The zero-order chi connectivity index (χ0) is 19.5. The highest BCUT2D eigenvalue weighted by atomic mass is 79.9. The number of methoxy groups -OCH3 is 1. The van der Waals surface area contributed by atoms with Gasteiger partial charge in [-0.15, -0.1) is 11.8 Å². The lowest BCUT2D eigenvalue weighted by molar-refractivity contribution is -0.118. The number of hydrogen-bond acceptors (Lipinski definition) is 5. The van der Waals surface area contributed by atoms with Crippen molar-refractivity contribution >= 4 is 39.8 Å². The summed E-state index contributed by atoms with van der Waals surface area (Å²) in [6, 6.07) is 13.4. The number of amides is 1. The van der Waals surface area contributed by atoms with E-state index in [1.165, 1.54) is 11.8 Å². The molecule has 0 heterocycles. The van der Waals surface area contributed by atoms with Gasteiger partial charge < -0.3 is 9.47 Å². The molecule has 0 saturated carbocycles. The van der Waals surface area contributed by atoms with Gasteiger partial charge in [-0.25, -0.2) is 5.43 Å². The highest BCUT2D eigenvalue weighted by Crippen LogP contribution is 2.27. The standard InChI is InChI=1S/C20H21BrN2O3S/c1-3-9-26-18-8-7-15(11-19(18)25-2)12-22-23-20(24)14-27-13-16-5-4-6-17(21)10-16/h3-8,10-12H,1,9,13-14H2,2H3,(H,23,24). The number of carbonyl (C=O) groups is 1. The first-order chi connectivity index (χ1) is 13.1. The van der Waals surface area contributed by atoms with Crippen molar-refractivity contribution in [3.05, 3.63) is 70.7 Å². The normalized spacial score (nSPS) is 10.6. The number of carbonyl (C=O) groups excluding carboxylic acids is 1. The van der Waals surface area contributed by atoms with Crippen LogP contribution in [0.5, 0.6) is 11.5 Å². The number of hydrogen-bond donors (Lipinski definition) is 1. The predicted molar refractivity (Wildman–Crippen MR) is 115 cm³/mol. The van der Waals surface area contributed by atoms with Gasteiger partial charge in [0.05, 0.1) is 19.1 Å². The number of halogens is 1. The van der Waals surface area contributed by atoms with Gasteiger partial charge in [0.1, 0.15) is 6.61 Å². The number of hydrazone groups is 1. The Kier molecular flexibility index (Phi) is 8.94. The minimum Gasteiger partial charge on any atom is -0.493 e. The molecule has 2 aromatic rings. The molecule has 27 heavy (non-hydrogen) atoms. The van der Waals surface area contributed by atoms with E-state index in [9.17, 15) is 4.79 Å². The van der Waals surface area contributed by atoms with Gasteiger partial charge in [-0.2, -0.15) is 5.10 Å². The second kappa shape index (κ2) is 11.5. The third-order valence-electron chi connectivity index (χ3n) is 3.34. The number of nitrogens with zero attached hydrogens (tertiary/aromatic N) is 1. The maximum atomic E-state index is 11.9. The largest absolute Gasteiger partial charge is 0.493 e. The molecule has 7 heteroatoms. The summed E-state index contributed by atoms with van der Waals surface area (Å²) in [4.78, 5) is 11.9. The van der Waals surface area contributed by atoms with Crippen LogP contribution in [0.1, 0.15) is 11.1 Å². The Morgan fingerprint density at radius 1 is 1.30 bits per heavy atom. The number of rotatable bonds is 10. The first-order valence-electron chi connectivity index (χ1n) is 8.18. The van der Waals surface area contributed by atoms with Crippen LogP contribution in [0.15, 0.2) is 64.7 Å². The number of benzene rings is 2. The van der Waals surface area contributed by atoms with E-state index in [1.807, 2.05) is 30.3 Å². The lowest BCUT2D eigenvalue weighted by Gasteiger charge is -2.09.